The van der Waals surface area contributed by atoms with E-state index in [4.69, 9.17) is 11.0 Å². The number of rotatable bonds is 3. The van der Waals surface area contributed by atoms with Crippen molar-refractivity contribution in [3.8, 4) is 6.07 Å². The fraction of sp³-hybridized carbons (Fsp3) is 0.385. The van der Waals surface area contributed by atoms with E-state index in [1.165, 1.54) is 0 Å². The largest absolute Gasteiger partial charge is 0.368 e. The number of nitrogens with two attached hydrogens (primary N) is 1. The maximum absolute atomic E-state index is 11.3. The van der Waals surface area contributed by atoms with E-state index < -0.39 is 0 Å². The van der Waals surface area contributed by atoms with Gasteiger partial charge in [0.2, 0.25) is 5.91 Å². The van der Waals surface area contributed by atoms with Crippen molar-refractivity contribution in [1.29, 1.82) is 5.26 Å². The summed E-state index contributed by atoms with van der Waals surface area (Å²) in [6.45, 7) is 1.49. The number of likely N-dealkylation sites (tertiary alicyclic amines) is 1. The molecule has 1 unspecified atom stereocenters. The second-order valence-corrected chi connectivity index (χ2v) is 4.30. The molecule has 1 heterocycles. The Labute approximate surface area is 101 Å². The Balaban J connectivity index is 2.15. The minimum absolute atomic E-state index is 0.179. The van der Waals surface area contributed by atoms with Gasteiger partial charge < -0.3 is 5.73 Å². The topological polar surface area (TPSA) is 70.1 Å². The van der Waals surface area contributed by atoms with Gasteiger partial charge in [-0.1, -0.05) is 18.2 Å². The summed E-state index contributed by atoms with van der Waals surface area (Å²) in [6, 6.07) is 9.47. The first-order valence-electron chi connectivity index (χ1n) is 5.73. The molecule has 1 amide bonds. The van der Waals surface area contributed by atoms with Crippen LogP contribution in [0.1, 0.15) is 24.0 Å². The van der Waals surface area contributed by atoms with Gasteiger partial charge >= 0.3 is 0 Å². The predicted octanol–water partition coefficient (Wildman–Crippen LogP) is 1.01. The van der Waals surface area contributed by atoms with Crippen molar-refractivity contribution < 1.29 is 4.79 Å². The van der Waals surface area contributed by atoms with Gasteiger partial charge in [-0.05, 0) is 31.0 Å². The summed E-state index contributed by atoms with van der Waals surface area (Å²) in [5, 5.41) is 9.01. The summed E-state index contributed by atoms with van der Waals surface area (Å²) in [4.78, 5) is 13.3. The van der Waals surface area contributed by atoms with Crippen LogP contribution in [0.3, 0.4) is 0 Å². The van der Waals surface area contributed by atoms with E-state index in [-0.39, 0.29) is 11.9 Å². The number of hydrogen-bond donors (Lipinski definition) is 1. The zero-order chi connectivity index (χ0) is 12.3. The lowest BCUT2D eigenvalue weighted by molar-refractivity contribution is -0.122. The van der Waals surface area contributed by atoms with E-state index >= 15 is 0 Å². The summed E-state index contributed by atoms with van der Waals surface area (Å²) in [5.41, 5.74) is 7.00. The number of hydrogen-bond acceptors (Lipinski definition) is 3. The molecule has 1 aromatic carbocycles. The Kier molecular flexibility index (Phi) is 3.40. The minimum Gasteiger partial charge on any atom is -0.368 e. The number of carbonyl (C=O) groups is 1. The zero-order valence-corrected chi connectivity index (χ0v) is 9.60. The Morgan fingerprint density at radius 2 is 2.29 bits per heavy atom. The van der Waals surface area contributed by atoms with Crippen LogP contribution in [0.15, 0.2) is 24.3 Å². The molecular weight excluding hydrogens is 214 g/mol. The molecule has 1 aromatic rings. The molecule has 1 atom stereocenters. The number of primary amides is 1. The van der Waals surface area contributed by atoms with Crippen molar-refractivity contribution in [3.63, 3.8) is 0 Å². The van der Waals surface area contributed by atoms with Crippen LogP contribution in [-0.4, -0.2) is 23.4 Å². The third-order valence-corrected chi connectivity index (χ3v) is 3.20. The Morgan fingerprint density at radius 1 is 1.53 bits per heavy atom. The molecule has 1 fully saturated rings. The van der Waals surface area contributed by atoms with E-state index in [2.05, 4.69) is 11.0 Å². The normalized spacial score (nSPS) is 20.1. The summed E-state index contributed by atoms with van der Waals surface area (Å²) >= 11 is 0. The van der Waals surface area contributed by atoms with Crippen LogP contribution in [-0.2, 0) is 11.3 Å². The summed E-state index contributed by atoms with van der Waals surface area (Å²) in [7, 11) is 0. The van der Waals surface area contributed by atoms with Gasteiger partial charge in [0, 0.05) is 6.54 Å². The molecule has 0 aromatic heterocycles. The van der Waals surface area contributed by atoms with Crippen LogP contribution < -0.4 is 5.73 Å². The van der Waals surface area contributed by atoms with Gasteiger partial charge in [0.25, 0.3) is 0 Å². The molecule has 0 aliphatic carbocycles. The number of nitrogens with zero attached hydrogens (tertiary/aromatic N) is 2. The van der Waals surface area contributed by atoms with Crippen molar-refractivity contribution in [2.24, 2.45) is 5.73 Å². The molecule has 88 valence electrons. The van der Waals surface area contributed by atoms with Crippen LogP contribution in [0.2, 0.25) is 0 Å². The number of nitriles is 1. The molecular formula is C13H15N3O. The number of carbonyl (C=O) groups excluding carboxylic acids is 1. The van der Waals surface area contributed by atoms with Crippen LogP contribution in [0, 0.1) is 11.3 Å². The Morgan fingerprint density at radius 3 is 3.00 bits per heavy atom. The van der Waals surface area contributed by atoms with Crippen LogP contribution in [0.5, 0.6) is 0 Å². The van der Waals surface area contributed by atoms with Gasteiger partial charge in [0.05, 0.1) is 17.7 Å². The lowest BCUT2D eigenvalue weighted by Gasteiger charge is -2.22. The van der Waals surface area contributed by atoms with E-state index in [9.17, 15) is 4.79 Å². The van der Waals surface area contributed by atoms with Crippen molar-refractivity contribution in [2.45, 2.75) is 25.4 Å². The molecule has 0 saturated carbocycles. The van der Waals surface area contributed by atoms with Crippen LogP contribution in [0.25, 0.3) is 0 Å². The lowest BCUT2D eigenvalue weighted by Crippen LogP contribution is -2.39. The highest BCUT2D eigenvalue weighted by Gasteiger charge is 2.29. The monoisotopic (exact) mass is 229 g/mol. The van der Waals surface area contributed by atoms with E-state index in [1.54, 1.807) is 6.07 Å². The van der Waals surface area contributed by atoms with Gasteiger partial charge in [0.15, 0.2) is 0 Å². The van der Waals surface area contributed by atoms with Crippen LogP contribution in [0.4, 0.5) is 0 Å². The second kappa shape index (κ2) is 4.98. The quantitative estimate of drug-likeness (QED) is 0.840. The number of benzene rings is 1. The molecule has 0 bridgehead atoms. The number of amides is 1. The Bertz CT molecular complexity index is 464. The highest BCUT2D eigenvalue weighted by Crippen LogP contribution is 2.21. The van der Waals surface area contributed by atoms with E-state index in [0.29, 0.717) is 12.1 Å². The predicted molar refractivity (Wildman–Crippen MR) is 63.8 cm³/mol. The minimum atomic E-state index is -0.267. The van der Waals surface area contributed by atoms with Gasteiger partial charge in [-0.3, -0.25) is 9.69 Å². The molecule has 0 radical (unpaired) electrons. The molecule has 4 nitrogen and oxygen atoms in total. The van der Waals surface area contributed by atoms with E-state index in [0.717, 1.165) is 24.9 Å². The summed E-state index contributed by atoms with van der Waals surface area (Å²) < 4.78 is 0. The zero-order valence-electron chi connectivity index (χ0n) is 9.60. The average molecular weight is 229 g/mol. The van der Waals surface area contributed by atoms with Crippen molar-refractivity contribution in [1.82, 2.24) is 4.90 Å². The molecule has 1 aliphatic heterocycles. The fourth-order valence-electron chi connectivity index (χ4n) is 2.32. The fourth-order valence-corrected chi connectivity index (χ4v) is 2.32. The third kappa shape index (κ3) is 2.45. The first-order valence-corrected chi connectivity index (χ1v) is 5.73. The van der Waals surface area contributed by atoms with Gasteiger partial charge in [-0.15, -0.1) is 0 Å². The van der Waals surface area contributed by atoms with Gasteiger partial charge in [0.1, 0.15) is 0 Å². The van der Waals surface area contributed by atoms with Crippen LogP contribution >= 0.6 is 0 Å². The Hall–Kier alpha value is -1.86. The second-order valence-electron chi connectivity index (χ2n) is 4.30. The van der Waals surface area contributed by atoms with Crippen molar-refractivity contribution >= 4 is 5.91 Å². The molecule has 0 spiro atoms. The molecule has 2 N–H and O–H groups in total. The van der Waals surface area contributed by atoms with Gasteiger partial charge in [-0.25, -0.2) is 0 Å². The summed E-state index contributed by atoms with van der Waals surface area (Å²) in [5.74, 6) is -0.267. The third-order valence-electron chi connectivity index (χ3n) is 3.20. The maximum atomic E-state index is 11.3. The first-order chi connectivity index (χ1) is 8.22. The lowest BCUT2D eigenvalue weighted by atomic mass is 10.1. The average Bonchev–Trinajstić information content (AvgIpc) is 2.78. The highest BCUT2D eigenvalue weighted by atomic mass is 16.1. The smallest absolute Gasteiger partial charge is 0.234 e. The van der Waals surface area contributed by atoms with Gasteiger partial charge in [-0.2, -0.15) is 5.26 Å². The van der Waals surface area contributed by atoms with Crippen molar-refractivity contribution in [3.05, 3.63) is 35.4 Å². The van der Waals surface area contributed by atoms with Crippen molar-refractivity contribution in [2.75, 3.05) is 6.54 Å². The first kappa shape index (κ1) is 11.6. The molecule has 1 aliphatic rings. The summed E-state index contributed by atoms with van der Waals surface area (Å²) in [6.07, 6.45) is 1.81. The van der Waals surface area contributed by atoms with E-state index in [1.807, 2.05) is 18.2 Å². The maximum Gasteiger partial charge on any atom is 0.234 e. The molecule has 1 saturated heterocycles. The highest BCUT2D eigenvalue weighted by molar-refractivity contribution is 5.80. The molecule has 17 heavy (non-hydrogen) atoms. The SMILES string of the molecule is N#Cc1ccccc1CN1CCCC1C(N)=O. The molecule has 4 heteroatoms. The standard InChI is InChI=1S/C13H15N3O/c14-8-10-4-1-2-5-11(10)9-16-7-3-6-12(16)13(15)17/h1-2,4-5,12H,3,6-7,9H2,(H2,15,17). The molecule has 2 rings (SSSR count).